The number of aliphatic hydroxyl groups excluding tert-OH is 1. The summed E-state index contributed by atoms with van der Waals surface area (Å²) in [5.41, 5.74) is -4.14. The Hall–Kier alpha value is -1.28. The first kappa shape index (κ1) is 51.9. The van der Waals surface area contributed by atoms with Gasteiger partial charge in [-0.25, -0.2) is 23.0 Å². The molecule has 1 aliphatic heterocycles. The first-order valence-electron chi connectivity index (χ1n) is 20.2. The van der Waals surface area contributed by atoms with Crippen LogP contribution in [0.2, 0.25) is 44.3 Å². The molecule has 2 rings (SSSR count). The summed E-state index contributed by atoms with van der Waals surface area (Å²) in [6.07, 6.45) is -3.88. The second-order valence-corrected chi connectivity index (χ2v) is 45.4. The van der Waals surface area contributed by atoms with Gasteiger partial charge < -0.3 is 15.2 Å². The highest BCUT2D eigenvalue weighted by Gasteiger charge is 2.57. The fourth-order valence-corrected chi connectivity index (χ4v) is 47.5. The Bertz CT molecular complexity index is 1600. The Morgan fingerprint density at radius 2 is 1.30 bits per heavy atom. The molecule has 1 saturated heterocycles. The first-order valence-corrected chi connectivity index (χ1v) is 32.2. The van der Waals surface area contributed by atoms with E-state index in [9.17, 15) is 36.3 Å². The van der Waals surface area contributed by atoms with Gasteiger partial charge in [-0.2, -0.15) is 18.2 Å². The summed E-state index contributed by atoms with van der Waals surface area (Å²) in [7, 11) is -14.2. The van der Waals surface area contributed by atoms with Crippen LogP contribution in [0.25, 0.3) is 0 Å². The molecular weight excluding hydrogens is 836 g/mol. The summed E-state index contributed by atoms with van der Waals surface area (Å²) < 4.78 is 82.2. The Balaban J connectivity index is 2.59. The minimum Gasteiger partial charge on any atom is -0.385 e. The van der Waals surface area contributed by atoms with E-state index in [4.69, 9.17) is 23.7 Å². The zero-order valence-electron chi connectivity index (χ0n) is 36.7. The summed E-state index contributed by atoms with van der Waals surface area (Å²) in [5, 5.41) is 13.8. The van der Waals surface area contributed by atoms with Crippen molar-refractivity contribution in [3.8, 4) is 0 Å². The van der Waals surface area contributed by atoms with E-state index in [0.717, 1.165) is 16.8 Å². The van der Waals surface area contributed by atoms with E-state index in [1.165, 1.54) is 0 Å². The van der Waals surface area contributed by atoms with Crippen LogP contribution in [0, 0.1) is 0 Å². The molecule has 0 spiro atoms. The number of halogens is 3. The zero-order chi connectivity index (χ0) is 44.2. The number of aromatic nitrogens is 2. The van der Waals surface area contributed by atoms with Crippen LogP contribution in [-0.2, 0) is 38.3 Å². The highest BCUT2D eigenvalue weighted by Crippen LogP contribution is 2.46. The highest BCUT2D eigenvalue weighted by atomic mass is 32.2. The van der Waals surface area contributed by atoms with Crippen LogP contribution >= 0.6 is 0 Å². The summed E-state index contributed by atoms with van der Waals surface area (Å²) in [5.74, 6) is -3.91. The quantitative estimate of drug-likeness (QED) is 0.0717. The van der Waals surface area contributed by atoms with Gasteiger partial charge in [0.25, 0.3) is 9.84 Å². The van der Waals surface area contributed by atoms with Crippen LogP contribution in [0.5, 0.6) is 0 Å². The van der Waals surface area contributed by atoms with Crippen LogP contribution in [-0.4, -0.2) is 97.5 Å². The molecule has 0 bridgehead atoms. The Morgan fingerprint density at radius 1 is 0.860 bits per heavy atom. The van der Waals surface area contributed by atoms with E-state index in [0.29, 0.717) is 22.2 Å². The van der Waals surface area contributed by atoms with Crippen LogP contribution in [0.4, 0.5) is 19.0 Å². The molecule has 57 heavy (non-hydrogen) atoms. The molecule has 13 nitrogen and oxygen atoms in total. The summed E-state index contributed by atoms with van der Waals surface area (Å²) in [4.78, 5) is 41.9. The summed E-state index contributed by atoms with van der Waals surface area (Å²) in [6.45, 7) is 35.2. The van der Waals surface area contributed by atoms with Crippen LogP contribution in [0.15, 0.2) is 17.1 Å². The van der Waals surface area contributed by atoms with Crippen molar-refractivity contribution >= 4 is 53.9 Å². The van der Waals surface area contributed by atoms with E-state index >= 15 is 0 Å². The molecule has 1 fully saturated rings. The van der Waals surface area contributed by atoms with Gasteiger partial charge in [0.1, 0.15) is 30.4 Å². The van der Waals surface area contributed by atoms with Crippen LogP contribution in [0.1, 0.15) is 117 Å². The van der Waals surface area contributed by atoms with Crippen molar-refractivity contribution in [1.29, 1.82) is 0 Å². The monoisotopic (exact) mass is 905 g/mol. The molecule has 0 aliphatic carbocycles. The number of aliphatic hydroxyl groups is 1. The predicted molar refractivity (Wildman–Crippen MR) is 226 cm³/mol. The summed E-state index contributed by atoms with van der Waals surface area (Å²) >= 11 is 0. The second kappa shape index (κ2) is 20.5. The minimum absolute atomic E-state index is 0.162. The third-order valence-corrected chi connectivity index (χ3v) is 51.6. The lowest BCUT2D eigenvalue weighted by atomic mass is 10.1. The third-order valence-electron chi connectivity index (χ3n) is 11.6. The number of hydrogen-bond donors (Lipinski definition) is 2. The van der Waals surface area contributed by atoms with E-state index < -0.39 is 95.4 Å². The number of nitrogens with one attached hydrogen (secondary N) is 1. The van der Waals surface area contributed by atoms with Crippen LogP contribution in [0.3, 0.4) is 0 Å². The second-order valence-electron chi connectivity index (χ2n) is 18.2. The number of hydrogen-bond acceptors (Lipinski definition) is 11. The maximum absolute atomic E-state index is 13.4. The smallest absolute Gasteiger partial charge is 0.385 e. The van der Waals surface area contributed by atoms with Crippen molar-refractivity contribution in [3.05, 3.63) is 22.7 Å². The lowest BCUT2D eigenvalue weighted by Crippen LogP contribution is -2.62. The molecule has 0 aromatic carbocycles. The molecule has 1 amide bonds. The van der Waals surface area contributed by atoms with Gasteiger partial charge in [0, 0.05) is 6.20 Å². The lowest BCUT2D eigenvalue weighted by Gasteiger charge is -2.46. The molecule has 2 heterocycles. The summed E-state index contributed by atoms with van der Waals surface area (Å²) in [6, 6.07) is 1.08. The average Bonchev–Trinajstić information content (AvgIpc) is 3.34. The number of amides is 1. The number of ether oxygens (including phenoxy) is 1. The molecule has 21 heteroatoms. The van der Waals surface area contributed by atoms with Crippen molar-refractivity contribution in [1.82, 2.24) is 9.55 Å². The number of rotatable bonds is 21. The van der Waals surface area contributed by atoms with Gasteiger partial charge in [-0.05, 0) is 28.2 Å². The minimum atomic E-state index is -5.77. The Labute approximate surface area is 343 Å². The molecule has 1 aliphatic rings. The number of sulfone groups is 1. The van der Waals surface area contributed by atoms with Gasteiger partial charge in [0.15, 0.2) is 12.3 Å². The number of alkyl halides is 3. The molecule has 0 radical (unpaired) electrons. The molecule has 0 saturated carbocycles. The van der Waals surface area contributed by atoms with E-state index in [1.807, 2.05) is 5.32 Å². The van der Waals surface area contributed by atoms with Crippen molar-refractivity contribution in [2.45, 2.75) is 185 Å². The van der Waals surface area contributed by atoms with Crippen molar-refractivity contribution < 1.29 is 55.2 Å². The average molecular weight is 906 g/mol. The first-order chi connectivity index (χ1) is 26.0. The van der Waals surface area contributed by atoms with Gasteiger partial charge in [-0.1, -0.05) is 133 Å². The molecular formula is C36H70F3N3O10SSi4. The fraction of sp³-hybridized carbons (Fsp3) is 0.861. The molecule has 0 unspecified atom stereocenters. The number of anilines is 1. The molecule has 4 atom stereocenters. The van der Waals surface area contributed by atoms with Crippen molar-refractivity contribution in [3.63, 3.8) is 0 Å². The van der Waals surface area contributed by atoms with Gasteiger partial charge in [0.05, 0.1) is 16.6 Å². The molecule has 332 valence electrons. The standard InChI is InChI=1S/C36H70F3N3O10SSi4/c1-21(2)54(22(3)4)56(25(9)10,26(11)12)51-48-19-29-33(50-52-57(27(13)14,28(15)16)55(23(5)6)24(7)8)32(44)34(49-29)42-18-17-30(41-35(42)45)40-31(43)20-53(46,47)36(37,38)39/h17-18,21-29,32-34,44,54-55H,19-20H2,1-16H3,(H,40,41,43,45)/t29-,32+,33-,34-/m1/s1. The SMILES string of the molecule is CC(C)[SiH](C(C)C)[Si](OOC[C@H]1O[C@@H](n2ccc(NC(=O)CS(=O)(=O)C(F)(F)F)nc2=O)[C@@H](O)[C@@H]1OO[Si](C(C)C)(C(C)C)[SiH](C(C)C)C(C)C)(C(C)C)C(C)C. The number of carbonyl (C=O) groups excluding carboxylic acids is 1. The largest absolute Gasteiger partial charge is 0.497 e. The van der Waals surface area contributed by atoms with E-state index in [2.05, 4.69) is 116 Å². The van der Waals surface area contributed by atoms with E-state index in [-0.39, 0.29) is 28.8 Å². The van der Waals surface area contributed by atoms with Gasteiger partial charge in [-0.3, -0.25) is 18.5 Å². The van der Waals surface area contributed by atoms with E-state index in [1.54, 1.807) is 0 Å². The number of nitrogens with zero attached hydrogens (tertiary/aromatic N) is 2. The van der Waals surface area contributed by atoms with Gasteiger partial charge >= 0.3 is 11.2 Å². The topological polar surface area (TPSA) is 165 Å². The number of carbonyl (C=O) groups is 1. The Morgan fingerprint density at radius 3 is 1.68 bits per heavy atom. The van der Waals surface area contributed by atoms with Gasteiger partial charge in [-0.15, -0.1) is 0 Å². The zero-order valence-corrected chi connectivity index (χ0v) is 41.8. The van der Waals surface area contributed by atoms with Crippen molar-refractivity contribution in [2.75, 3.05) is 17.7 Å². The fourth-order valence-electron chi connectivity index (χ4n) is 9.65. The molecule has 2 N–H and O–H groups in total. The van der Waals surface area contributed by atoms with Crippen LogP contribution < -0.4 is 11.0 Å². The van der Waals surface area contributed by atoms with Crippen molar-refractivity contribution in [2.24, 2.45) is 0 Å². The normalized spacial score (nSPS) is 20.4. The third kappa shape index (κ3) is 11.6. The highest BCUT2D eigenvalue weighted by molar-refractivity contribution is 7.92. The lowest BCUT2D eigenvalue weighted by molar-refractivity contribution is -0.296. The molecule has 1 aromatic heterocycles. The Kier molecular flexibility index (Phi) is 18.7. The maximum Gasteiger partial charge on any atom is 0.497 e. The van der Waals surface area contributed by atoms with Gasteiger partial charge in [0.2, 0.25) is 21.6 Å². The maximum atomic E-state index is 13.4. The molecule has 1 aromatic rings. The predicted octanol–water partition coefficient (Wildman–Crippen LogP) is 7.42.